The van der Waals surface area contributed by atoms with Gasteiger partial charge >= 0.3 is 5.97 Å². The maximum atomic E-state index is 11.8. The standard InChI is InChI=1S/C18H15N3O5/c22-16(19-20-18(24)12-6-2-1-3-7-12)11-25-17(23)10-14-13-8-4-5-9-15(13)26-21-14/h1-9H,10-11H2,(H,19,22)(H,20,24). The highest BCUT2D eigenvalue weighted by atomic mass is 16.5. The molecule has 0 saturated heterocycles. The van der Waals surface area contributed by atoms with Gasteiger partial charge in [-0.15, -0.1) is 0 Å². The summed E-state index contributed by atoms with van der Waals surface area (Å²) in [5.41, 5.74) is 5.80. The van der Waals surface area contributed by atoms with Crippen molar-refractivity contribution in [3.8, 4) is 0 Å². The highest BCUT2D eigenvalue weighted by Gasteiger charge is 2.14. The van der Waals surface area contributed by atoms with Crippen LogP contribution < -0.4 is 10.9 Å². The second kappa shape index (κ2) is 7.93. The van der Waals surface area contributed by atoms with Crippen molar-refractivity contribution in [3.05, 3.63) is 65.9 Å². The van der Waals surface area contributed by atoms with Gasteiger partial charge in [0.2, 0.25) is 0 Å². The van der Waals surface area contributed by atoms with Crippen LogP contribution in [0.4, 0.5) is 0 Å². The molecule has 8 nitrogen and oxygen atoms in total. The van der Waals surface area contributed by atoms with Crippen LogP contribution in [0.25, 0.3) is 11.0 Å². The highest BCUT2D eigenvalue weighted by molar-refractivity contribution is 5.95. The van der Waals surface area contributed by atoms with Crippen LogP contribution in [0.5, 0.6) is 0 Å². The van der Waals surface area contributed by atoms with Crippen LogP contribution in [0, 0.1) is 0 Å². The molecule has 0 unspecified atom stereocenters. The zero-order chi connectivity index (χ0) is 18.4. The lowest BCUT2D eigenvalue weighted by molar-refractivity contribution is -0.148. The van der Waals surface area contributed by atoms with Crippen molar-refractivity contribution < 1.29 is 23.6 Å². The van der Waals surface area contributed by atoms with Gasteiger partial charge in [0, 0.05) is 10.9 Å². The first kappa shape index (κ1) is 17.2. The number of carbonyl (C=O) groups excluding carboxylic acids is 3. The van der Waals surface area contributed by atoms with Gasteiger partial charge in [0.15, 0.2) is 12.2 Å². The van der Waals surface area contributed by atoms with Gasteiger partial charge in [-0.3, -0.25) is 25.2 Å². The molecule has 2 N–H and O–H groups in total. The molecule has 0 aliphatic carbocycles. The zero-order valence-corrected chi connectivity index (χ0v) is 13.6. The molecule has 132 valence electrons. The zero-order valence-electron chi connectivity index (χ0n) is 13.6. The van der Waals surface area contributed by atoms with Crippen LogP contribution in [0.2, 0.25) is 0 Å². The summed E-state index contributed by atoms with van der Waals surface area (Å²) in [5, 5.41) is 4.53. The largest absolute Gasteiger partial charge is 0.455 e. The fraction of sp³-hybridized carbons (Fsp3) is 0.111. The maximum absolute atomic E-state index is 11.8. The number of hydrazine groups is 1. The Morgan fingerprint density at radius 3 is 2.50 bits per heavy atom. The van der Waals surface area contributed by atoms with Crippen LogP contribution in [0.15, 0.2) is 59.1 Å². The minimum atomic E-state index is -0.660. The molecule has 2 amide bonds. The van der Waals surface area contributed by atoms with Crippen molar-refractivity contribution in [3.63, 3.8) is 0 Å². The summed E-state index contributed by atoms with van der Waals surface area (Å²) >= 11 is 0. The summed E-state index contributed by atoms with van der Waals surface area (Å²) < 4.78 is 9.98. The monoisotopic (exact) mass is 353 g/mol. The number of amides is 2. The topological polar surface area (TPSA) is 111 Å². The number of aromatic nitrogens is 1. The summed E-state index contributed by atoms with van der Waals surface area (Å²) in [6.07, 6.45) is -0.124. The number of nitrogens with one attached hydrogen (secondary N) is 2. The first-order valence-electron chi connectivity index (χ1n) is 7.76. The van der Waals surface area contributed by atoms with E-state index in [0.29, 0.717) is 22.2 Å². The maximum Gasteiger partial charge on any atom is 0.312 e. The van der Waals surface area contributed by atoms with Crippen molar-refractivity contribution in [1.82, 2.24) is 16.0 Å². The summed E-state index contributed by atoms with van der Waals surface area (Å²) in [6, 6.07) is 15.5. The molecule has 0 fully saturated rings. The molecule has 0 saturated carbocycles. The van der Waals surface area contributed by atoms with E-state index in [0.717, 1.165) is 0 Å². The van der Waals surface area contributed by atoms with Crippen LogP contribution in [0.3, 0.4) is 0 Å². The SMILES string of the molecule is O=C(COC(=O)Cc1noc2ccccc12)NNC(=O)c1ccccc1. The first-order chi connectivity index (χ1) is 12.6. The predicted octanol–water partition coefficient (Wildman–Crippen LogP) is 1.37. The van der Waals surface area contributed by atoms with Gasteiger partial charge in [-0.2, -0.15) is 0 Å². The van der Waals surface area contributed by atoms with Gasteiger partial charge in [0.1, 0.15) is 5.69 Å². The molecule has 3 rings (SSSR count). The van der Waals surface area contributed by atoms with Gasteiger partial charge in [0.25, 0.3) is 11.8 Å². The summed E-state index contributed by atoms with van der Waals surface area (Å²) in [7, 11) is 0. The predicted molar refractivity (Wildman–Crippen MR) is 90.7 cm³/mol. The van der Waals surface area contributed by atoms with E-state index in [2.05, 4.69) is 16.0 Å². The highest BCUT2D eigenvalue weighted by Crippen LogP contribution is 2.18. The number of nitrogens with zero attached hydrogens (tertiary/aromatic N) is 1. The summed E-state index contributed by atoms with van der Waals surface area (Å²) in [4.78, 5) is 35.3. The first-order valence-corrected chi connectivity index (χ1v) is 7.76. The van der Waals surface area contributed by atoms with Crippen molar-refractivity contribution in [2.75, 3.05) is 6.61 Å². The van der Waals surface area contributed by atoms with Crippen molar-refractivity contribution in [1.29, 1.82) is 0 Å². The Balaban J connectivity index is 1.44. The van der Waals surface area contributed by atoms with E-state index in [4.69, 9.17) is 9.26 Å². The molecule has 0 radical (unpaired) electrons. The third-order valence-corrected chi connectivity index (χ3v) is 3.48. The van der Waals surface area contributed by atoms with Crippen molar-refractivity contribution in [2.24, 2.45) is 0 Å². The Kier molecular flexibility index (Phi) is 5.23. The van der Waals surface area contributed by atoms with Crippen molar-refractivity contribution in [2.45, 2.75) is 6.42 Å². The number of fused-ring (bicyclic) bond motifs is 1. The fourth-order valence-corrected chi connectivity index (χ4v) is 2.22. The molecular weight excluding hydrogens is 338 g/mol. The molecule has 1 heterocycles. The number of hydrogen-bond acceptors (Lipinski definition) is 6. The van der Waals surface area contributed by atoms with Crippen LogP contribution >= 0.6 is 0 Å². The van der Waals surface area contributed by atoms with Crippen LogP contribution in [0.1, 0.15) is 16.1 Å². The molecule has 0 bridgehead atoms. The third kappa shape index (κ3) is 4.23. The molecule has 3 aromatic rings. The molecule has 1 aromatic heterocycles. The number of hydrogen-bond donors (Lipinski definition) is 2. The average molecular weight is 353 g/mol. The Labute approximate surface area is 148 Å². The van der Waals surface area contributed by atoms with E-state index in [-0.39, 0.29) is 6.42 Å². The van der Waals surface area contributed by atoms with Gasteiger partial charge in [-0.1, -0.05) is 35.5 Å². The van der Waals surface area contributed by atoms with E-state index in [9.17, 15) is 14.4 Å². The summed E-state index contributed by atoms with van der Waals surface area (Å²) in [5.74, 6) is -1.76. The van der Waals surface area contributed by atoms with E-state index in [1.54, 1.807) is 54.6 Å². The summed E-state index contributed by atoms with van der Waals surface area (Å²) in [6.45, 7) is -0.524. The molecule has 0 aliphatic rings. The van der Waals surface area contributed by atoms with E-state index >= 15 is 0 Å². The molecule has 0 spiro atoms. The number of carbonyl (C=O) groups is 3. The van der Waals surface area contributed by atoms with Gasteiger partial charge < -0.3 is 9.26 Å². The molecule has 8 heteroatoms. The minimum Gasteiger partial charge on any atom is -0.455 e. The molecular formula is C18H15N3O5. The number of esters is 1. The number of rotatable bonds is 5. The van der Waals surface area contributed by atoms with Crippen LogP contribution in [-0.2, 0) is 20.7 Å². The van der Waals surface area contributed by atoms with Gasteiger partial charge in [0.05, 0.1) is 6.42 Å². The fourth-order valence-electron chi connectivity index (χ4n) is 2.22. The number of benzene rings is 2. The molecule has 2 aromatic carbocycles. The van der Waals surface area contributed by atoms with E-state index < -0.39 is 24.4 Å². The quantitative estimate of drug-likeness (QED) is 0.529. The van der Waals surface area contributed by atoms with E-state index in [1.807, 2.05) is 0 Å². The Morgan fingerprint density at radius 1 is 0.962 bits per heavy atom. The molecule has 0 aliphatic heterocycles. The smallest absolute Gasteiger partial charge is 0.312 e. The minimum absolute atomic E-state index is 0.124. The lowest BCUT2D eigenvalue weighted by atomic mass is 10.2. The number of ether oxygens (including phenoxy) is 1. The lowest BCUT2D eigenvalue weighted by Crippen LogP contribution is -2.43. The normalized spacial score (nSPS) is 10.3. The number of para-hydroxylation sites is 1. The second-order valence-electron chi connectivity index (χ2n) is 5.33. The van der Waals surface area contributed by atoms with E-state index in [1.165, 1.54) is 0 Å². The van der Waals surface area contributed by atoms with Gasteiger partial charge in [-0.25, -0.2) is 0 Å². The second-order valence-corrected chi connectivity index (χ2v) is 5.33. The Morgan fingerprint density at radius 2 is 1.69 bits per heavy atom. The third-order valence-electron chi connectivity index (χ3n) is 3.48. The average Bonchev–Trinajstić information content (AvgIpc) is 3.08. The lowest BCUT2D eigenvalue weighted by Gasteiger charge is -2.07. The van der Waals surface area contributed by atoms with Crippen molar-refractivity contribution >= 4 is 28.8 Å². The molecule has 0 atom stereocenters. The van der Waals surface area contributed by atoms with Crippen LogP contribution in [-0.4, -0.2) is 29.5 Å². The Hall–Kier alpha value is -3.68. The van der Waals surface area contributed by atoms with Gasteiger partial charge in [-0.05, 0) is 24.3 Å². The molecule has 26 heavy (non-hydrogen) atoms. The Bertz CT molecular complexity index is 936.